The van der Waals surface area contributed by atoms with Crippen LogP contribution in [0.1, 0.15) is 21.5 Å². The van der Waals surface area contributed by atoms with Gasteiger partial charge in [-0.15, -0.1) is 0 Å². The maximum Gasteiger partial charge on any atom is 0.185 e. The average molecular weight is 330 g/mol. The van der Waals surface area contributed by atoms with E-state index in [1.165, 1.54) is 31.4 Å². The van der Waals surface area contributed by atoms with Gasteiger partial charge in [-0.2, -0.15) is 0 Å². The van der Waals surface area contributed by atoms with E-state index in [0.717, 1.165) is 17.4 Å². The van der Waals surface area contributed by atoms with Crippen LogP contribution < -0.4 is 4.74 Å². The second-order valence-electron chi connectivity index (χ2n) is 5.25. The summed E-state index contributed by atoms with van der Waals surface area (Å²) in [6, 6.07) is 12.1. The molecule has 120 valence electrons. The second-order valence-corrected chi connectivity index (χ2v) is 7.23. The van der Waals surface area contributed by atoms with Gasteiger partial charge in [-0.25, -0.2) is 8.42 Å². The van der Waals surface area contributed by atoms with Gasteiger partial charge in [0.15, 0.2) is 15.6 Å². The molecule has 0 unspecified atom stereocenters. The highest BCUT2D eigenvalue weighted by molar-refractivity contribution is 7.90. The fraction of sp³-hybridized carbons (Fsp3) is 0.167. The smallest absolute Gasteiger partial charge is 0.185 e. The number of carbonyl (C=O) groups excluding carboxylic acids is 1. The molecule has 2 rings (SSSR count). The zero-order chi connectivity index (χ0) is 17.0. The molecule has 0 heterocycles. The highest BCUT2D eigenvalue weighted by Gasteiger charge is 2.16. The minimum Gasteiger partial charge on any atom is -0.495 e. The number of aryl methyl sites for hydroxylation is 1. The van der Waals surface area contributed by atoms with E-state index in [1.807, 2.05) is 31.2 Å². The van der Waals surface area contributed by atoms with Crippen molar-refractivity contribution in [2.24, 2.45) is 0 Å². The van der Waals surface area contributed by atoms with Crippen molar-refractivity contribution in [2.45, 2.75) is 11.8 Å². The Labute approximate surface area is 136 Å². The van der Waals surface area contributed by atoms with E-state index in [-0.39, 0.29) is 16.4 Å². The first-order valence-corrected chi connectivity index (χ1v) is 8.87. The summed E-state index contributed by atoms with van der Waals surface area (Å²) in [7, 11) is -2.03. The number of hydrogen-bond donors (Lipinski definition) is 0. The predicted octanol–water partition coefficient (Wildman–Crippen LogP) is 3.30. The first-order valence-electron chi connectivity index (χ1n) is 6.98. The molecule has 0 spiro atoms. The molecule has 0 aliphatic carbocycles. The van der Waals surface area contributed by atoms with Crippen molar-refractivity contribution in [3.05, 3.63) is 65.2 Å². The second kappa shape index (κ2) is 6.79. The quantitative estimate of drug-likeness (QED) is 0.623. The average Bonchev–Trinajstić information content (AvgIpc) is 2.52. The number of sulfone groups is 1. The largest absolute Gasteiger partial charge is 0.495 e. The number of allylic oxidation sites excluding steroid dienone is 1. The van der Waals surface area contributed by atoms with Crippen molar-refractivity contribution in [1.82, 2.24) is 0 Å². The predicted molar refractivity (Wildman–Crippen MR) is 90.6 cm³/mol. The Kier molecular flexibility index (Phi) is 5.01. The van der Waals surface area contributed by atoms with Crippen molar-refractivity contribution in [3.63, 3.8) is 0 Å². The summed E-state index contributed by atoms with van der Waals surface area (Å²) in [4.78, 5) is 12.3. The fourth-order valence-electron chi connectivity index (χ4n) is 2.07. The maximum absolute atomic E-state index is 12.2. The molecule has 0 atom stereocenters. The molecular formula is C18H18O4S. The summed E-state index contributed by atoms with van der Waals surface area (Å²) in [6.45, 7) is 1.99. The zero-order valence-electron chi connectivity index (χ0n) is 13.2. The lowest BCUT2D eigenvalue weighted by atomic mass is 10.1. The Morgan fingerprint density at radius 3 is 2.30 bits per heavy atom. The van der Waals surface area contributed by atoms with Crippen LogP contribution in [0.25, 0.3) is 6.08 Å². The van der Waals surface area contributed by atoms with Crippen LogP contribution >= 0.6 is 0 Å². The number of ether oxygens (including phenoxy) is 1. The van der Waals surface area contributed by atoms with Crippen LogP contribution in [-0.4, -0.2) is 27.6 Å². The number of benzene rings is 2. The Bertz CT molecular complexity index is 847. The molecular weight excluding hydrogens is 312 g/mol. The molecule has 0 fully saturated rings. The normalized spacial score (nSPS) is 11.6. The topological polar surface area (TPSA) is 60.4 Å². The summed E-state index contributed by atoms with van der Waals surface area (Å²) in [6.07, 6.45) is 4.28. The fourth-order valence-corrected chi connectivity index (χ4v) is 2.90. The first kappa shape index (κ1) is 17.0. The van der Waals surface area contributed by atoms with Crippen LogP contribution in [0, 0.1) is 6.92 Å². The Morgan fingerprint density at radius 1 is 1.09 bits per heavy atom. The number of methoxy groups -OCH3 is 1. The van der Waals surface area contributed by atoms with Crippen LogP contribution in [0.15, 0.2) is 53.4 Å². The number of rotatable bonds is 5. The third-order valence-electron chi connectivity index (χ3n) is 3.35. The van der Waals surface area contributed by atoms with E-state index >= 15 is 0 Å². The van der Waals surface area contributed by atoms with Gasteiger partial charge in [0.2, 0.25) is 0 Å². The molecule has 0 bridgehead atoms. The number of carbonyl (C=O) groups is 1. The molecule has 2 aromatic rings. The lowest BCUT2D eigenvalue weighted by Gasteiger charge is -2.08. The standard InChI is InChI=1S/C18H18O4S/c1-13-4-6-14(7-5-13)8-10-16(19)15-9-11-18(23(3,20)21)17(12-15)22-2/h4-12H,1-3H3/b10-8+. The number of ketones is 1. The molecule has 2 aromatic carbocycles. The molecule has 0 aliphatic heterocycles. The Morgan fingerprint density at radius 2 is 1.74 bits per heavy atom. The van der Waals surface area contributed by atoms with E-state index in [0.29, 0.717) is 5.56 Å². The lowest BCUT2D eigenvalue weighted by molar-refractivity contribution is 0.104. The minimum atomic E-state index is -3.40. The first-order chi connectivity index (χ1) is 10.8. The van der Waals surface area contributed by atoms with Crippen LogP contribution in [0.4, 0.5) is 0 Å². The molecule has 4 nitrogen and oxygen atoms in total. The van der Waals surface area contributed by atoms with Gasteiger partial charge < -0.3 is 4.74 Å². The minimum absolute atomic E-state index is 0.0686. The molecule has 0 amide bonds. The highest BCUT2D eigenvalue weighted by Crippen LogP contribution is 2.25. The maximum atomic E-state index is 12.2. The summed E-state index contributed by atoms with van der Waals surface area (Å²) in [5.41, 5.74) is 2.44. The molecule has 23 heavy (non-hydrogen) atoms. The van der Waals surface area contributed by atoms with Crippen LogP contribution in [0.2, 0.25) is 0 Å². The van der Waals surface area contributed by atoms with Crippen LogP contribution in [0.5, 0.6) is 5.75 Å². The van der Waals surface area contributed by atoms with Crippen molar-refractivity contribution in [3.8, 4) is 5.75 Å². The summed E-state index contributed by atoms with van der Waals surface area (Å²) in [5, 5.41) is 0. The molecule has 0 radical (unpaired) electrons. The molecule has 0 aromatic heterocycles. The van der Waals surface area contributed by atoms with Gasteiger partial charge in [0, 0.05) is 11.8 Å². The summed E-state index contributed by atoms with van der Waals surface area (Å²) < 4.78 is 28.4. The van der Waals surface area contributed by atoms with E-state index in [9.17, 15) is 13.2 Å². The van der Waals surface area contributed by atoms with E-state index < -0.39 is 9.84 Å². The zero-order valence-corrected chi connectivity index (χ0v) is 14.1. The van der Waals surface area contributed by atoms with Gasteiger partial charge in [-0.1, -0.05) is 35.9 Å². The van der Waals surface area contributed by atoms with Crippen molar-refractivity contribution in [2.75, 3.05) is 13.4 Å². The lowest BCUT2D eigenvalue weighted by Crippen LogP contribution is -2.03. The van der Waals surface area contributed by atoms with Gasteiger partial charge in [0.1, 0.15) is 10.6 Å². The van der Waals surface area contributed by atoms with Crippen molar-refractivity contribution in [1.29, 1.82) is 0 Å². The van der Waals surface area contributed by atoms with Gasteiger partial charge in [0.25, 0.3) is 0 Å². The number of hydrogen-bond acceptors (Lipinski definition) is 4. The van der Waals surface area contributed by atoms with E-state index in [1.54, 1.807) is 6.08 Å². The van der Waals surface area contributed by atoms with Gasteiger partial charge in [-0.3, -0.25) is 4.79 Å². The third kappa shape index (κ3) is 4.29. The SMILES string of the molecule is COc1cc(C(=O)/C=C/c2ccc(C)cc2)ccc1S(C)(=O)=O. The van der Waals surface area contributed by atoms with Crippen LogP contribution in [-0.2, 0) is 9.84 Å². The monoisotopic (exact) mass is 330 g/mol. The molecule has 5 heteroatoms. The van der Waals surface area contributed by atoms with E-state index in [4.69, 9.17) is 4.74 Å². The Balaban J connectivity index is 2.28. The molecule has 0 saturated heterocycles. The third-order valence-corrected chi connectivity index (χ3v) is 4.49. The Hall–Kier alpha value is -2.40. The highest BCUT2D eigenvalue weighted by atomic mass is 32.2. The van der Waals surface area contributed by atoms with Gasteiger partial charge in [0.05, 0.1) is 7.11 Å². The molecule has 0 aliphatic rings. The summed E-state index contributed by atoms with van der Waals surface area (Å²) >= 11 is 0. The van der Waals surface area contributed by atoms with Gasteiger partial charge in [-0.05, 0) is 36.8 Å². The molecule has 0 saturated carbocycles. The van der Waals surface area contributed by atoms with Crippen LogP contribution in [0.3, 0.4) is 0 Å². The van der Waals surface area contributed by atoms with E-state index in [2.05, 4.69) is 0 Å². The molecule has 0 N–H and O–H groups in total. The summed E-state index contributed by atoms with van der Waals surface area (Å²) in [5.74, 6) is -0.0500. The van der Waals surface area contributed by atoms with Crippen molar-refractivity contribution >= 4 is 21.7 Å². The van der Waals surface area contributed by atoms with Crippen molar-refractivity contribution < 1.29 is 17.9 Å². The van der Waals surface area contributed by atoms with Gasteiger partial charge >= 0.3 is 0 Å².